The van der Waals surface area contributed by atoms with E-state index in [1.165, 1.54) is 36.0 Å². The van der Waals surface area contributed by atoms with E-state index in [2.05, 4.69) is 10.2 Å². The van der Waals surface area contributed by atoms with Crippen molar-refractivity contribution >= 4 is 28.4 Å². The molecule has 166 valence electrons. The zero-order chi connectivity index (χ0) is 22.9. The van der Waals surface area contributed by atoms with Crippen LogP contribution in [-0.2, 0) is 6.54 Å². The van der Waals surface area contributed by atoms with E-state index in [4.69, 9.17) is 0 Å². The average molecular weight is 463 g/mol. The van der Waals surface area contributed by atoms with Gasteiger partial charge in [-0.2, -0.15) is 0 Å². The normalized spacial score (nSPS) is 11.6. The summed E-state index contributed by atoms with van der Waals surface area (Å²) < 4.78 is 30.7. The number of benzene rings is 3. The van der Waals surface area contributed by atoms with E-state index in [0.717, 1.165) is 17.5 Å². The van der Waals surface area contributed by atoms with Crippen LogP contribution in [0.2, 0.25) is 0 Å². The summed E-state index contributed by atoms with van der Waals surface area (Å²) in [5, 5.41) is 9.66. The minimum absolute atomic E-state index is 0.0995. The first-order chi connectivity index (χ1) is 16.1. The SMILES string of the molecule is CCCn1c(=O)c2ccccc2n2c(SC(c3ccc(F)cc3)c3ccc(F)cc3)nnc12. The molecule has 5 aromatic rings. The molecule has 0 saturated carbocycles. The van der Waals surface area contributed by atoms with E-state index >= 15 is 0 Å². The maximum Gasteiger partial charge on any atom is 0.262 e. The van der Waals surface area contributed by atoms with Gasteiger partial charge in [0, 0.05) is 6.54 Å². The zero-order valence-corrected chi connectivity index (χ0v) is 18.6. The number of aryl methyl sites for hydroxylation is 1. The van der Waals surface area contributed by atoms with Crippen molar-refractivity contribution < 1.29 is 8.78 Å². The first-order valence-corrected chi connectivity index (χ1v) is 11.5. The molecule has 0 bridgehead atoms. The Morgan fingerprint density at radius 1 is 0.879 bits per heavy atom. The number of aromatic nitrogens is 4. The van der Waals surface area contributed by atoms with Crippen LogP contribution in [0, 0.1) is 11.6 Å². The van der Waals surface area contributed by atoms with Crippen molar-refractivity contribution in [3.63, 3.8) is 0 Å². The number of para-hydroxylation sites is 1. The third kappa shape index (κ3) is 3.91. The first-order valence-electron chi connectivity index (χ1n) is 10.6. The maximum absolute atomic E-state index is 13.6. The van der Waals surface area contributed by atoms with Crippen LogP contribution in [0.3, 0.4) is 0 Å². The predicted octanol–water partition coefficient (Wildman–Crippen LogP) is 5.61. The van der Waals surface area contributed by atoms with Crippen LogP contribution >= 0.6 is 11.8 Å². The van der Waals surface area contributed by atoms with Crippen molar-refractivity contribution in [2.75, 3.05) is 0 Å². The van der Waals surface area contributed by atoms with Crippen LogP contribution in [0.4, 0.5) is 8.78 Å². The third-order valence-electron chi connectivity index (χ3n) is 5.49. The molecule has 0 atom stereocenters. The molecule has 2 aromatic heterocycles. The van der Waals surface area contributed by atoms with Crippen LogP contribution < -0.4 is 5.56 Å². The van der Waals surface area contributed by atoms with E-state index < -0.39 is 0 Å². The van der Waals surface area contributed by atoms with Crippen LogP contribution in [0.15, 0.2) is 82.7 Å². The predicted molar refractivity (Wildman–Crippen MR) is 126 cm³/mol. The van der Waals surface area contributed by atoms with Crippen LogP contribution in [0.25, 0.3) is 16.7 Å². The number of fused-ring (bicyclic) bond motifs is 3. The van der Waals surface area contributed by atoms with E-state index in [1.54, 1.807) is 34.9 Å². The Balaban J connectivity index is 1.71. The number of hydrogen-bond donors (Lipinski definition) is 0. The van der Waals surface area contributed by atoms with Gasteiger partial charge in [0.25, 0.3) is 5.56 Å². The summed E-state index contributed by atoms with van der Waals surface area (Å²) in [6.07, 6.45) is 0.775. The van der Waals surface area contributed by atoms with Gasteiger partial charge in [-0.05, 0) is 53.9 Å². The van der Waals surface area contributed by atoms with Crippen molar-refractivity contribution in [2.45, 2.75) is 30.3 Å². The molecule has 0 spiro atoms. The fourth-order valence-electron chi connectivity index (χ4n) is 3.94. The van der Waals surface area contributed by atoms with Crippen molar-refractivity contribution in [1.29, 1.82) is 0 Å². The molecule has 8 heteroatoms. The Morgan fingerprint density at radius 2 is 1.48 bits per heavy atom. The molecule has 0 radical (unpaired) electrons. The zero-order valence-electron chi connectivity index (χ0n) is 17.8. The smallest absolute Gasteiger partial charge is 0.262 e. The second kappa shape index (κ2) is 8.78. The van der Waals surface area contributed by atoms with Crippen molar-refractivity contribution in [3.8, 4) is 0 Å². The summed E-state index contributed by atoms with van der Waals surface area (Å²) in [6.45, 7) is 2.53. The number of nitrogens with zero attached hydrogens (tertiary/aromatic N) is 4. The van der Waals surface area contributed by atoms with E-state index in [-0.39, 0.29) is 22.4 Å². The van der Waals surface area contributed by atoms with Gasteiger partial charge in [0.1, 0.15) is 11.6 Å². The summed E-state index contributed by atoms with van der Waals surface area (Å²) in [6, 6.07) is 19.9. The second-order valence-corrected chi connectivity index (χ2v) is 8.77. The minimum atomic E-state index is -0.330. The highest BCUT2D eigenvalue weighted by Gasteiger charge is 2.22. The molecule has 0 fully saturated rings. The first kappa shape index (κ1) is 21.3. The van der Waals surface area contributed by atoms with E-state index in [1.807, 2.05) is 29.5 Å². The molecule has 0 aliphatic heterocycles. The summed E-state index contributed by atoms with van der Waals surface area (Å²) >= 11 is 1.42. The van der Waals surface area contributed by atoms with Gasteiger partial charge in [-0.25, -0.2) is 8.78 Å². The Bertz CT molecular complexity index is 1450. The van der Waals surface area contributed by atoms with E-state index in [9.17, 15) is 13.6 Å². The number of rotatable bonds is 6. The molecule has 5 rings (SSSR count). The lowest BCUT2D eigenvalue weighted by atomic mass is 10.0. The summed E-state index contributed by atoms with van der Waals surface area (Å²) in [7, 11) is 0. The van der Waals surface area contributed by atoms with Crippen molar-refractivity contribution in [2.24, 2.45) is 0 Å². The summed E-state index contributed by atoms with van der Waals surface area (Å²) in [4.78, 5) is 13.1. The van der Waals surface area contributed by atoms with Crippen molar-refractivity contribution in [1.82, 2.24) is 19.2 Å². The summed E-state index contributed by atoms with van der Waals surface area (Å²) in [5.74, 6) is -0.187. The molecular formula is C25H20F2N4OS. The largest absolute Gasteiger partial charge is 0.276 e. The Hall–Kier alpha value is -3.52. The van der Waals surface area contributed by atoms with Gasteiger partial charge in [0.2, 0.25) is 5.78 Å². The van der Waals surface area contributed by atoms with Gasteiger partial charge in [-0.1, -0.05) is 55.1 Å². The third-order valence-corrected chi connectivity index (χ3v) is 6.75. The molecule has 0 aliphatic carbocycles. The molecule has 0 aliphatic rings. The number of hydrogen-bond acceptors (Lipinski definition) is 4. The monoisotopic (exact) mass is 462 g/mol. The maximum atomic E-state index is 13.6. The van der Waals surface area contributed by atoms with Gasteiger partial charge in [0.15, 0.2) is 5.16 Å². The number of halogens is 2. The van der Waals surface area contributed by atoms with Gasteiger partial charge in [0.05, 0.1) is 16.2 Å². The fourth-order valence-corrected chi connectivity index (χ4v) is 5.11. The minimum Gasteiger partial charge on any atom is -0.276 e. The highest BCUT2D eigenvalue weighted by atomic mass is 32.2. The van der Waals surface area contributed by atoms with Gasteiger partial charge < -0.3 is 0 Å². The highest BCUT2D eigenvalue weighted by Crippen LogP contribution is 2.40. The quantitative estimate of drug-likeness (QED) is 0.308. The second-order valence-electron chi connectivity index (χ2n) is 7.69. The standard InChI is InChI=1S/C25H20F2N4OS/c1-2-15-30-23(32)20-5-3-4-6-21(20)31-24(30)28-29-25(31)33-22(16-7-11-18(26)12-8-16)17-9-13-19(27)14-10-17/h3-14,22H,2,15H2,1H3. The Morgan fingerprint density at radius 3 is 2.09 bits per heavy atom. The molecule has 0 N–H and O–H groups in total. The fraction of sp³-hybridized carbons (Fsp3) is 0.160. The Kier molecular flexibility index (Phi) is 5.68. The van der Waals surface area contributed by atoms with Crippen LogP contribution in [-0.4, -0.2) is 19.2 Å². The molecule has 0 amide bonds. The lowest BCUT2D eigenvalue weighted by molar-refractivity contribution is 0.626. The Labute approximate surface area is 192 Å². The molecule has 0 saturated heterocycles. The molecule has 5 nitrogen and oxygen atoms in total. The van der Waals surface area contributed by atoms with E-state index in [0.29, 0.717) is 28.4 Å². The lowest BCUT2D eigenvalue weighted by Gasteiger charge is -2.17. The van der Waals surface area contributed by atoms with Crippen molar-refractivity contribution in [3.05, 3.63) is 106 Å². The molecule has 0 unspecified atom stereocenters. The summed E-state index contributed by atoms with van der Waals surface area (Å²) in [5.41, 5.74) is 2.30. The van der Waals surface area contributed by atoms with Gasteiger partial charge >= 0.3 is 0 Å². The molecular weight excluding hydrogens is 442 g/mol. The average Bonchev–Trinajstić information content (AvgIpc) is 3.25. The molecule has 3 aromatic carbocycles. The van der Waals surface area contributed by atoms with Gasteiger partial charge in [-0.3, -0.25) is 13.8 Å². The highest BCUT2D eigenvalue weighted by molar-refractivity contribution is 7.99. The van der Waals surface area contributed by atoms with Crippen LogP contribution in [0.1, 0.15) is 29.7 Å². The van der Waals surface area contributed by atoms with Gasteiger partial charge in [-0.15, -0.1) is 10.2 Å². The topological polar surface area (TPSA) is 52.2 Å². The lowest BCUT2D eigenvalue weighted by Crippen LogP contribution is -2.23. The van der Waals surface area contributed by atoms with Crippen LogP contribution in [0.5, 0.6) is 0 Å². The molecule has 2 heterocycles. The molecule has 33 heavy (non-hydrogen) atoms. The number of thioether (sulfide) groups is 1.